The first-order chi connectivity index (χ1) is 14.9. The number of ether oxygens (including phenoxy) is 1. The van der Waals surface area contributed by atoms with Gasteiger partial charge >= 0.3 is 0 Å². The number of rotatable bonds is 6. The van der Waals surface area contributed by atoms with Gasteiger partial charge in [0.15, 0.2) is 0 Å². The summed E-state index contributed by atoms with van der Waals surface area (Å²) in [6.45, 7) is 5.98. The van der Waals surface area contributed by atoms with E-state index in [1.807, 2.05) is 63.2 Å². The highest BCUT2D eigenvalue weighted by molar-refractivity contribution is 8.00. The molecule has 2 aromatic carbocycles. The van der Waals surface area contributed by atoms with Gasteiger partial charge in [-0.1, -0.05) is 29.5 Å². The van der Waals surface area contributed by atoms with Gasteiger partial charge < -0.3 is 10.1 Å². The van der Waals surface area contributed by atoms with Crippen molar-refractivity contribution < 1.29 is 9.53 Å². The summed E-state index contributed by atoms with van der Waals surface area (Å²) in [6.07, 6.45) is 0. The van der Waals surface area contributed by atoms with E-state index in [0.717, 1.165) is 43.5 Å². The van der Waals surface area contributed by atoms with Crippen molar-refractivity contribution in [3.8, 4) is 17.0 Å². The van der Waals surface area contributed by atoms with E-state index in [1.165, 1.54) is 17.3 Å². The Morgan fingerprint density at radius 2 is 1.87 bits per heavy atom. The van der Waals surface area contributed by atoms with Gasteiger partial charge in [-0.25, -0.2) is 4.98 Å². The molecule has 8 heteroatoms. The quantitative estimate of drug-likeness (QED) is 0.395. The van der Waals surface area contributed by atoms with Crippen LogP contribution in [0.1, 0.15) is 16.1 Å². The first kappa shape index (κ1) is 21.3. The van der Waals surface area contributed by atoms with E-state index in [9.17, 15) is 4.79 Å². The Bertz CT molecular complexity index is 1250. The number of carbonyl (C=O) groups excluding carboxylic acids is 1. The number of nitrogens with one attached hydrogen (secondary N) is 1. The third-order valence-corrected chi connectivity index (χ3v) is 6.68. The van der Waals surface area contributed by atoms with Crippen LogP contribution in [0.3, 0.4) is 0 Å². The zero-order chi connectivity index (χ0) is 22.0. The third-order valence-electron chi connectivity index (χ3n) is 4.75. The number of nitrogens with zero attached hydrogens (tertiary/aromatic N) is 3. The second-order valence-electron chi connectivity index (χ2n) is 7.15. The SMILES string of the molecule is COc1ccc(-c2nnc(SCC(=O)Nc3ccc(C)cc3C)c3nc(C)sc23)cc1. The molecule has 1 amide bonds. The second kappa shape index (κ2) is 9.03. The lowest BCUT2D eigenvalue weighted by Gasteiger charge is -2.09. The first-order valence-electron chi connectivity index (χ1n) is 9.72. The molecule has 0 aliphatic rings. The number of aryl methyl sites for hydroxylation is 3. The Kier molecular flexibility index (Phi) is 6.20. The van der Waals surface area contributed by atoms with E-state index in [1.54, 1.807) is 18.4 Å². The zero-order valence-corrected chi connectivity index (χ0v) is 19.4. The Labute approximate surface area is 189 Å². The van der Waals surface area contributed by atoms with Crippen molar-refractivity contribution in [2.45, 2.75) is 25.8 Å². The summed E-state index contributed by atoms with van der Waals surface area (Å²) in [4.78, 5) is 17.2. The molecular formula is C23H22N4O2S2. The van der Waals surface area contributed by atoms with Crippen LogP contribution in [0.15, 0.2) is 47.5 Å². The fraction of sp³-hybridized carbons (Fsp3) is 0.217. The van der Waals surface area contributed by atoms with Gasteiger partial charge in [-0.2, -0.15) is 0 Å². The fourth-order valence-corrected chi connectivity index (χ4v) is 4.94. The van der Waals surface area contributed by atoms with Crippen molar-refractivity contribution in [2.75, 3.05) is 18.2 Å². The maximum Gasteiger partial charge on any atom is 0.234 e. The Morgan fingerprint density at radius 3 is 2.58 bits per heavy atom. The molecule has 0 saturated heterocycles. The molecule has 158 valence electrons. The predicted octanol–water partition coefficient (Wildman–Crippen LogP) is 5.42. The molecule has 4 rings (SSSR count). The summed E-state index contributed by atoms with van der Waals surface area (Å²) in [7, 11) is 1.64. The Hall–Kier alpha value is -2.97. The molecule has 0 spiro atoms. The number of methoxy groups -OCH3 is 1. The van der Waals surface area contributed by atoms with Crippen LogP contribution in [0.25, 0.3) is 21.5 Å². The van der Waals surface area contributed by atoms with Gasteiger partial charge in [0.05, 0.1) is 22.6 Å². The van der Waals surface area contributed by atoms with Gasteiger partial charge in [-0.3, -0.25) is 4.79 Å². The number of hydrogen-bond acceptors (Lipinski definition) is 7. The largest absolute Gasteiger partial charge is 0.497 e. The number of aromatic nitrogens is 3. The average molecular weight is 451 g/mol. The van der Waals surface area contributed by atoms with Crippen LogP contribution in [-0.2, 0) is 4.79 Å². The van der Waals surface area contributed by atoms with Gasteiger partial charge in [0.25, 0.3) is 0 Å². The predicted molar refractivity (Wildman–Crippen MR) is 127 cm³/mol. The lowest BCUT2D eigenvalue weighted by atomic mass is 10.1. The Balaban J connectivity index is 1.55. The fourth-order valence-electron chi connectivity index (χ4n) is 3.23. The van der Waals surface area contributed by atoms with Crippen molar-refractivity contribution in [2.24, 2.45) is 0 Å². The van der Waals surface area contributed by atoms with Crippen molar-refractivity contribution in [3.63, 3.8) is 0 Å². The summed E-state index contributed by atoms with van der Waals surface area (Å²) >= 11 is 2.93. The number of thioether (sulfide) groups is 1. The molecule has 0 bridgehead atoms. The summed E-state index contributed by atoms with van der Waals surface area (Å²) in [5, 5.41) is 13.4. The van der Waals surface area contributed by atoms with E-state index in [0.29, 0.717) is 5.03 Å². The van der Waals surface area contributed by atoms with Crippen LogP contribution in [0.4, 0.5) is 5.69 Å². The van der Waals surface area contributed by atoms with Gasteiger partial charge in [0, 0.05) is 11.3 Å². The molecule has 0 fully saturated rings. The van der Waals surface area contributed by atoms with Crippen molar-refractivity contribution in [3.05, 3.63) is 58.6 Å². The molecular weight excluding hydrogens is 428 g/mol. The molecule has 6 nitrogen and oxygen atoms in total. The highest BCUT2D eigenvalue weighted by Crippen LogP contribution is 2.35. The standard InChI is InChI=1S/C23H22N4O2S2/c1-13-5-10-18(14(2)11-13)25-19(28)12-30-23-21-22(31-15(3)24-21)20(26-27-23)16-6-8-17(29-4)9-7-16/h5-11H,12H2,1-4H3,(H,25,28). The number of carbonyl (C=O) groups is 1. The van der Waals surface area contributed by atoms with E-state index < -0.39 is 0 Å². The lowest BCUT2D eigenvalue weighted by Crippen LogP contribution is -2.15. The molecule has 4 aromatic rings. The van der Waals surface area contributed by atoms with Gasteiger partial charge in [0.2, 0.25) is 5.91 Å². The summed E-state index contributed by atoms with van der Waals surface area (Å²) in [5.74, 6) is 0.934. The minimum atomic E-state index is -0.0851. The number of thiazole rings is 1. The molecule has 0 aliphatic heterocycles. The van der Waals surface area contributed by atoms with Gasteiger partial charge in [-0.05, 0) is 56.7 Å². The molecule has 0 aliphatic carbocycles. The van der Waals surface area contributed by atoms with Crippen LogP contribution >= 0.6 is 23.1 Å². The second-order valence-corrected chi connectivity index (χ2v) is 9.32. The van der Waals surface area contributed by atoms with Crippen LogP contribution in [0, 0.1) is 20.8 Å². The van der Waals surface area contributed by atoms with Gasteiger partial charge in [0.1, 0.15) is 22.0 Å². The summed E-state index contributed by atoms with van der Waals surface area (Å²) < 4.78 is 6.21. The van der Waals surface area contributed by atoms with Crippen molar-refractivity contribution in [1.82, 2.24) is 15.2 Å². The smallest absolute Gasteiger partial charge is 0.234 e. The Morgan fingerprint density at radius 1 is 1.10 bits per heavy atom. The van der Waals surface area contributed by atoms with E-state index in [-0.39, 0.29) is 11.7 Å². The van der Waals surface area contributed by atoms with Crippen LogP contribution in [0.5, 0.6) is 5.75 Å². The molecule has 0 radical (unpaired) electrons. The van der Waals surface area contributed by atoms with Crippen LogP contribution < -0.4 is 10.1 Å². The number of hydrogen-bond donors (Lipinski definition) is 1. The average Bonchev–Trinajstić information content (AvgIpc) is 3.15. The van der Waals surface area contributed by atoms with Crippen LogP contribution in [-0.4, -0.2) is 34.0 Å². The number of anilines is 1. The molecule has 0 atom stereocenters. The highest BCUT2D eigenvalue weighted by Gasteiger charge is 2.17. The summed E-state index contributed by atoms with van der Waals surface area (Å²) in [6, 6.07) is 13.7. The number of fused-ring (bicyclic) bond motifs is 1. The van der Waals surface area contributed by atoms with Crippen LogP contribution in [0.2, 0.25) is 0 Å². The normalized spacial score (nSPS) is 11.0. The minimum absolute atomic E-state index is 0.0851. The molecule has 0 saturated carbocycles. The maximum absolute atomic E-state index is 12.5. The zero-order valence-electron chi connectivity index (χ0n) is 17.7. The first-order valence-corrected chi connectivity index (χ1v) is 11.5. The van der Waals surface area contributed by atoms with Gasteiger partial charge in [-0.15, -0.1) is 21.5 Å². The molecule has 0 unspecified atom stereocenters. The lowest BCUT2D eigenvalue weighted by molar-refractivity contribution is -0.113. The summed E-state index contributed by atoms with van der Waals surface area (Å²) in [5.41, 5.74) is 5.55. The van der Waals surface area contributed by atoms with E-state index in [4.69, 9.17) is 4.74 Å². The highest BCUT2D eigenvalue weighted by atomic mass is 32.2. The van der Waals surface area contributed by atoms with E-state index in [2.05, 4.69) is 20.5 Å². The molecule has 2 heterocycles. The van der Waals surface area contributed by atoms with Crippen molar-refractivity contribution in [1.29, 1.82) is 0 Å². The van der Waals surface area contributed by atoms with E-state index >= 15 is 0 Å². The minimum Gasteiger partial charge on any atom is -0.497 e. The molecule has 2 aromatic heterocycles. The third kappa shape index (κ3) is 4.70. The molecule has 1 N–H and O–H groups in total. The molecule has 31 heavy (non-hydrogen) atoms. The number of amides is 1. The maximum atomic E-state index is 12.5. The monoisotopic (exact) mass is 450 g/mol. The number of benzene rings is 2. The topological polar surface area (TPSA) is 77.0 Å². The van der Waals surface area contributed by atoms with Crippen molar-refractivity contribution >= 4 is 44.9 Å².